The summed E-state index contributed by atoms with van der Waals surface area (Å²) in [6.07, 6.45) is 22.4. The average Bonchev–Trinajstić information content (AvgIpc) is 2.93. The monoisotopic (exact) mass is 511 g/mol. The van der Waals surface area contributed by atoms with Gasteiger partial charge >= 0.3 is 0 Å². The van der Waals surface area contributed by atoms with Crippen LogP contribution < -0.4 is 5.56 Å². The number of aryl methyl sites for hydroxylation is 1. The van der Waals surface area contributed by atoms with Gasteiger partial charge in [0.2, 0.25) is 0 Å². The molecule has 3 rings (SSSR count). The maximum atomic E-state index is 13.3. The van der Waals surface area contributed by atoms with Crippen LogP contribution in [0.2, 0.25) is 0 Å². The number of morpholine rings is 1. The average molecular weight is 512 g/mol. The molecule has 0 bridgehead atoms. The van der Waals surface area contributed by atoms with Crippen LogP contribution in [0.4, 0.5) is 0 Å². The van der Waals surface area contributed by atoms with Gasteiger partial charge in [0.25, 0.3) is 5.56 Å². The highest BCUT2D eigenvalue weighted by Gasteiger charge is 2.13. The summed E-state index contributed by atoms with van der Waals surface area (Å²) in [5, 5.41) is 0.745. The molecule has 2 heterocycles. The van der Waals surface area contributed by atoms with Gasteiger partial charge in [0.15, 0.2) is 0 Å². The number of hydrogen-bond acceptors (Lipinski definition) is 4. The van der Waals surface area contributed by atoms with Gasteiger partial charge in [-0.2, -0.15) is 0 Å². The normalized spacial score (nSPS) is 14.5. The van der Waals surface area contributed by atoms with Gasteiger partial charge in [-0.1, -0.05) is 109 Å². The van der Waals surface area contributed by atoms with E-state index >= 15 is 0 Å². The minimum Gasteiger partial charge on any atom is -0.379 e. The fourth-order valence-electron chi connectivity index (χ4n) is 5.57. The van der Waals surface area contributed by atoms with Crippen molar-refractivity contribution in [3.63, 3.8) is 0 Å². The van der Waals surface area contributed by atoms with E-state index in [1.54, 1.807) is 0 Å². The third-order valence-electron chi connectivity index (χ3n) is 7.90. The van der Waals surface area contributed by atoms with Crippen molar-refractivity contribution in [2.75, 3.05) is 32.8 Å². The van der Waals surface area contributed by atoms with E-state index < -0.39 is 0 Å². The summed E-state index contributed by atoms with van der Waals surface area (Å²) in [6, 6.07) is 7.82. The Kier molecular flexibility index (Phi) is 14.9. The molecule has 1 saturated heterocycles. The maximum Gasteiger partial charge on any atom is 0.261 e. The highest BCUT2D eigenvalue weighted by atomic mass is 16.5. The number of ether oxygens (including phenoxy) is 1. The van der Waals surface area contributed by atoms with Gasteiger partial charge in [0, 0.05) is 32.6 Å². The zero-order valence-corrected chi connectivity index (χ0v) is 23.7. The molecule has 0 spiro atoms. The van der Waals surface area contributed by atoms with Crippen LogP contribution in [0, 0.1) is 0 Å². The van der Waals surface area contributed by atoms with Crippen LogP contribution in [-0.2, 0) is 17.7 Å². The van der Waals surface area contributed by atoms with E-state index in [0.29, 0.717) is 0 Å². The zero-order chi connectivity index (χ0) is 26.0. The van der Waals surface area contributed by atoms with Gasteiger partial charge in [0.05, 0.1) is 24.1 Å². The Balaban J connectivity index is 1.33. The second-order valence-corrected chi connectivity index (χ2v) is 11.0. The highest BCUT2D eigenvalue weighted by molar-refractivity contribution is 5.77. The molecule has 37 heavy (non-hydrogen) atoms. The first-order valence-electron chi connectivity index (χ1n) is 15.6. The summed E-state index contributed by atoms with van der Waals surface area (Å²) in [4.78, 5) is 20.7. The molecule has 0 unspecified atom stereocenters. The standard InChI is InChI=1S/C32H53N3O2/c1-2-3-4-5-6-7-8-9-10-11-12-13-14-15-16-22-31-33-30-21-18-17-20-29(30)32(36)35(31)24-19-23-34-25-27-37-28-26-34/h17-18,20-21H,2-16,19,22-28H2,1H3. The molecule has 1 aliphatic rings. The first kappa shape index (κ1) is 29.8. The number of nitrogens with zero attached hydrogens (tertiary/aromatic N) is 3. The zero-order valence-electron chi connectivity index (χ0n) is 23.7. The lowest BCUT2D eigenvalue weighted by atomic mass is 10.0. The number of fused-ring (bicyclic) bond motifs is 1. The lowest BCUT2D eigenvalue weighted by Gasteiger charge is -2.26. The van der Waals surface area contributed by atoms with Gasteiger partial charge in [-0.25, -0.2) is 4.98 Å². The Morgan fingerprint density at radius 3 is 1.92 bits per heavy atom. The van der Waals surface area contributed by atoms with E-state index in [1.807, 2.05) is 28.8 Å². The molecule has 1 aromatic heterocycles. The van der Waals surface area contributed by atoms with Gasteiger partial charge in [-0.15, -0.1) is 0 Å². The van der Waals surface area contributed by atoms with Crippen molar-refractivity contribution in [3.8, 4) is 0 Å². The number of benzene rings is 1. The molecule has 0 saturated carbocycles. The van der Waals surface area contributed by atoms with Crippen molar-refractivity contribution in [1.82, 2.24) is 14.5 Å². The number of unbranched alkanes of at least 4 members (excludes halogenated alkanes) is 14. The molecular weight excluding hydrogens is 458 g/mol. The fourth-order valence-corrected chi connectivity index (χ4v) is 5.57. The summed E-state index contributed by atoms with van der Waals surface area (Å²) in [5.74, 6) is 0.973. The molecule has 1 aliphatic heterocycles. The topological polar surface area (TPSA) is 47.4 Å². The third kappa shape index (κ3) is 11.3. The van der Waals surface area contributed by atoms with Gasteiger partial charge in [-0.3, -0.25) is 14.3 Å². The largest absolute Gasteiger partial charge is 0.379 e. The molecule has 1 aromatic carbocycles. The smallest absolute Gasteiger partial charge is 0.261 e. The van der Waals surface area contributed by atoms with Crippen molar-refractivity contribution >= 4 is 10.9 Å². The van der Waals surface area contributed by atoms with Crippen molar-refractivity contribution in [2.45, 2.75) is 123 Å². The predicted octanol–water partition coefficient (Wildman–Crippen LogP) is 7.53. The number of para-hydroxylation sites is 1. The summed E-state index contributed by atoms with van der Waals surface area (Å²) < 4.78 is 7.43. The molecule has 5 heteroatoms. The molecule has 1 fully saturated rings. The van der Waals surface area contributed by atoms with Crippen molar-refractivity contribution in [1.29, 1.82) is 0 Å². The van der Waals surface area contributed by atoms with Crippen LogP contribution in [-0.4, -0.2) is 47.3 Å². The van der Waals surface area contributed by atoms with Crippen LogP contribution in [0.25, 0.3) is 10.9 Å². The van der Waals surface area contributed by atoms with Gasteiger partial charge < -0.3 is 4.74 Å². The van der Waals surface area contributed by atoms with E-state index in [4.69, 9.17) is 9.72 Å². The number of hydrogen-bond donors (Lipinski definition) is 0. The Hall–Kier alpha value is -1.72. The van der Waals surface area contributed by atoms with E-state index in [2.05, 4.69) is 11.8 Å². The maximum absolute atomic E-state index is 13.3. The summed E-state index contributed by atoms with van der Waals surface area (Å²) in [6.45, 7) is 7.69. The Morgan fingerprint density at radius 2 is 1.30 bits per heavy atom. The molecule has 0 aliphatic carbocycles. The molecule has 0 radical (unpaired) electrons. The second-order valence-electron chi connectivity index (χ2n) is 11.0. The molecule has 5 nitrogen and oxygen atoms in total. The number of rotatable bonds is 20. The van der Waals surface area contributed by atoms with Crippen LogP contribution in [0.5, 0.6) is 0 Å². The minimum atomic E-state index is 0.128. The van der Waals surface area contributed by atoms with Crippen molar-refractivity contribution in [3.05, 3.63) is 40.4 Å². The fraction of sp³-hybridized carbons (Fsp3) is 0.750. The summed E-state index contributed by atoms with van der Waals surface area (Å²) >= 11 is 0. The van der Waals surface area contributed by atoms with E-state index in [9.17, 15) is 4.79 Å². The van der Waals surface area contributed by atoms with E-state index in [0.717, 1.165) is 75.4 Å². The summed E-state index contributed by atoms with van der Waals surface area (Å²) in [5.41, 5.74) is 0.969. The van der Waals surface area contributed by atoms with E-state index in [-0.39, 0.29) is 5.56 Å². The Labute approximate surface area is 226 Å². The van der Waals surface area contributed by atoms with Crippen LogP contribution in [0.15, 0.2) is 29.1 Å². The van der Waals surface area contributed by atoms with Gasteiger partial charge in [0.1, 0.15) is 5.82 Å². The first-order chi connectivity index (χ1) is 18.3. The van der Waals surface area contributed by atoms with Gasteiger partial charge in [-0.05, 0) is 25.0 Å². The SMILES string of the molecule is CCCCCCCCCCCCCCCCCc1nc2ccccc2c(=O)n1CCCN1CCOCC1. The Bertz CT molecular complexity index is 920. The van der Waals surface area contributed by atoms with Crippen molar-refractivity contribution in [2.24, 2.45) is 0 Å². The molecular formula is C32H53N3O2. The lowest BCUT2D eigenvalue weighted by Crippen LogP contribution is -2.37. The Morgan fingerprint density at radius 1 is 0.730 bits per heavy atom. The third-order valence-corrected chi connectivity index (χ3v) is 7.90. The van der Waals surface area contributed by atoms with Crippen LogP contribution in [0.1, 0.15) is 115 Å². The van der Waals surface area contributed by atoms with Crippen LogP contribution in [0.3, 0.4) is 0 Å². The molecule has 208 valence electrons. The highest BCUT2D eigenvalue weighted by Crippen LogP contribution is 2.15. The molecule has 0 N–H and O–H groups in total. The van der Waals surface area contributed by atoms with Crippen molar-refractivity contribution < 1.29 is 4.74 Å². The first-order valence-corrected chi connectivity index (χ1v) is 15.6. The summed E-state index contributed by atoms with van der Waals surface area (Å²) in [7, 11) is 0. The second kappa shape index (κ2) is 18.5. The lowest BCUT2D eigenvalue weighted by molar-refractivity contribution is 0.0368. The molecule has 0 amide bonds. The minimum absolute atomic E-state index is 0.128. The van der Waals surface area contributed by atoms with E-state index in [1.165, 1.54) is 89.9 Å². The quantitative estimate of drug-likeness (QED) is 0.172. The molecule has 2 aromatic rings. The predicted molar refractivity (Wildman–Crippen MR) is 157 cm³/mol. The number of aromatic nitrogens is 2. The molecule has 0 atom stereocenters. The van der Waals surface area contributed by atoms with Crippen LogP contribution >= 0.6 is 0 Å².